The Morgan fingerprint density at radius 2 is 1.56 bits per heavy atom. The molecular formula is C26H26N2O6. The van der Waals surface area contributed by atoms with Gasteiger partial charge in [-0.3, -0.25) is 24.1 Å². The van der Waals surface area contributed by atoms with Crippen molar-refractivity contribution in [2.75, 3.05) is 23.5 Å². The molecule has 176 valence electrons. The van der Waals surface area contributed by atoms with Gasteiger partial charge < -0.3 is 14.4 Å². The number of imide groups is 1. The largest absolute Gasteiger partial charge is 0.497 e. The second-order valence-electron chi connectivity index (χ2n) is 9.03. The van der Waals surface area contributed by atoms with Crippen LogP contribution >= 0.6 is 0 Å². The molecule has 5 rings (SSSR count). The van der Waals surface area contributed by atoms with E-state index in [0.29, 0.717) is 22.9 Å². The standard InChI is InChI=1S/C26H26N2O6/c1-33-20-6-4-5-18(14-20)27-15-16(13-23(27)29)26(32)34-19-11-9-17(10-12-19)28-24(30)21-7-2-3-8-22(21)25(28)31/h4-6,9-12,14,16,21-22H,2-3,7-8,13,15H2,1H3/t16-,21-,22+/m1/s1. The van der Waals surface area contributed by atoms with E-state index < -0.39 is 11.9 Å². The molecule has 2 heterocycles. The van der Waals surface area contributed by atoms with Gasteiger partial charge in [-0.1, -0.05) is 18.9 Å². The van der Waals surface area contributed by atoms with E-state index >= 15 is 0 Å². The van der Waals surface area contributed by atoms with Crippen LogP contribution in [-0.4, -0.2) is 37.3 Å². The van der Waals surface area contributed by atoms with Gasteiger partial charge in [0.2, 0.25) is 17.7 Å². The molecule has 0 N–H and O–H groups in total. The lowest BCUT2D eigenvalue weighted by molar-refractivity contribution is -0.139. The van der Waals surface area contributed by atoms with Crippen molar-refractivity contribution in [1.82, 2.24) is 0 Å². The Morgan fingerprint density at radius 3 is 2.21 bits per heavy atom. The predicted octanol–water partition coefficient (Wildman–Crippen LogP) is 3.33. The first-order valence-electron chi connectivity index (χ1n) is 11.6. The van der Waals surface area contributed by atoms with Crippen molar-refractivity contribution in [3.8, 4) is 11.5 Å². The van der Waals surface area contributed by atoms with Crippen molar-refractivity contribution in [1.29, 1.82) is 0 Å². The molecule has 34 heavy (non-hydrogen) atoms. The lowest BCUT2D eigenvalue weighted by Gasteiger charge is -2.19. The maximum Gasteiger partial charge on any atom is 0.316 e. The zero-order valence-electron chi connectivity index (χ0n) is 18.9. The lowest BCUT2D eigenvalue weighted by Crippen LogP contribution is -2.30. The Balaban J connectivity index is 1.24. The van der Waals surface area contributed by atoms with Gasteiger partial charge in [0.15, 0.2) is 0 Å². The quantitative estimate of drug-likeness (QED) is 0.384. The summed E-state index contributed by atoms with van der Waals surface area (Å²) in [5.74, 6) is -1.02. The van der Waals surface area contributed by atoms with E-state index in [-0.39, 0.29) is 42.5 Å². The highest BCUT2D eigenvalue weighted by molar-refractivity contribution is 6.22. The number of esters is 1. The van der Waals surface area contributed by atoms with Gasteiger partial charge in [0.1, 0.15) is 11.5 Å². The number of amides is 3. The summed E-state index contributed by atoms with van der Waals surface area (Å²) in [5.41, 5.74) is 1.16. The third-order valence-electron chi connectivity index (χ3n) is 6.98. The fourth-order valence-corrected chi connectivity index (χ4v) is 5.17. The van der Waals surface area contributed by atoms with Crippen molar-refractivity contribution in [3.63, 3.8) is 0 Å². The van der Waals surface area contributed by atoms with Crippen molar-refractivity contribution in [2.45, 2.75) is 32.1 Å². The van der Waals surface area contributed by atoms with E-state index in [2.05, 4.69) is 0 Å². The van der Waals surface area contributed by atoms with Gasteiger partial charge >= 0.3 is 5.97 Å². The second kappa shape index (κ2) is 8.93. The van der Waals surface area contributed by atoms with Crippen LogP contribution in [0.25, 0.3) is 0 Å². The molecular weight excluding hydrogens is 436 g/mol. The summed E-state index contributed by atoms with van der Waals surface area (Å²) < 4.78 is 10.7. The molecule has 0 radical (unpaired) electrons. The molecule has 1 aliphatic carbocycles. The highest BCUT2D eigenvalue weighted by Crippen LogP contribution is 2.40. The van der Waals surface area contributed by atoms with Gasteiger partial charge in [-0.05, 0) is 49.2 Å². The fourth-order valence-electron chi connectivity index (χ4n) is 5.17. The zero-order valence-corrected chi connectivity index (χ0v) is 18.9. The van der Waals surface area contributed by atoms with Crippen LogP contribution in [0.1, 0.15) is 32.1 Å². The molecule has 8 nitrogen and oxygen atoms in total. The molecule has 3 amide bonds. The monoisotopic (exact) mass is 462 g/mol. The first kappa shape index (κ1) is 22.1. The molecule has 0 aromatic heterocycles. The Morgan fingerprint density at radius 1 is 0.882 bits per heavy atom. The molecule has 3 aliphatic rings. The molecule has 0 spiro atoms. The van der Waals surface area contributed by atoms with Crippen LogP contribution in [0.15, 0.2) is 48.5 Å². The van der Waals surface area contributed by atoms with Crippen LogP contribution in [-0.2, 0) is 19.2 Å². The van der Waals surface area contributed by atoms with E-state index in [1.165, 1.54) is 4.90 Å². The third kappa shape index (κ3) is 3.93. The summed E-state index contributed by atoms with van der Waals surface area (Å²) in [7, 11) is 1.55. The van der Waals surface area contributed by atoms with E-state index in [9.17, 15) is 19.2 Å². The first-order valence-corrected chi connectivity index (χ1v) is 11.6. The van der Waals surface area contributed by atoms with E-state index in [4.69, 9.17) is 9.47 Å². The number of methoxy groups -OCH3 is 1. The average Bonchev–Trinajstić information content (AvgIpc) is 3.37. The van der Waals surface area contributed by atoms with Crippen LogP contribution in [0.3, 0.4) is 0 Å². The molecule has 1 saturated carbocycles. The highest BCUT2D eigenvalue weighted by Gasteiger charge is 2.48. The number of carbonyl (C=O) groups is 4. The summed E-state index contributed by atoms with van der Waals surface area (Å²) in [4.78, 5) is 53.6. The number of hydrogen-bond donors (Lipinski definition) is 0. The normalized spacial score (nSPS) is 24.4. The van der Waals surface area contributed by atoms with Crippen LogP contribution < -0.4 is 19.3 Å². The van der Waals surface area contributed by atoms with Gasteiger partial charge in [-0.15, -0.1) is 0 Å². The Hall–Kier alpha value is -3.68. The molecule has 0 bridgehead atoms. The van der Waals surface area contributed by atoms with Crippen LogP contribution in [0.4, 0.5) is 11.4 Å². The molecule has 3 fully saturated rings. The summed E-state index contributed by atoms with van der Waals surface area (Å²) in [6.45, 7) is 0.225. The van der Waals surface area contributed by atoms with Crippen molar-refractivity contribution in [2.24, 2.45) is 17.8 Å². The Labute approximate surface area is 197 Å². The van der Waals surface area contributed by atoms with Crippen molar-refractivity contribution < 1.29 is 28.7 Å². The van der Waals surface area contributed by atoms with Gasteiger partial charge in [0.25, 0.3) is 0 Å². The number of hydrogen-bond acceptors (Lipinski definition) is 6. The zero-order chi connectivity index (χ0) is 23.8. The number of nitrogens with zero attached hydrogens (tertiary/aromatic N) is 2. The number of rotatable bonds is 5. The van der Waals surface area contributed by atoms with E-state index in [0.717, 1.165) is 25.7 Å². The maximum atomic E-state index is 12.8. The molecule has 0 unspecified atom stereocenters. The van der Waals surface area contributed by atoms with Crippen LogP contribution in [0.5, 0.6) is 11.5 Å². The molecule has 2 aromatic carbocycles. The van der Waals surface area contributed by atoms with E-state index in [1.54, 1.807) is 60.5 Å². The molecule has 8 heteroatoms. The minimum Gasteiger partial charge on any atom is -0.497 e. The first-order chi connectivity index (χ1) is 16.5. The SMILES string of the molecule is COc1cccc(N2C[C@H](C(=O)Oc3ccc(N4C(=O)[C@H]5CCCC[C@H]5C4=O)cc3)CC2=O)c1. The van der Waals surface area contributed by atoms with Gasteiger partial charge in [0, 0.05) is 24.7 Å². The topological polar surface area (TPSA) is 93.2 Å². The van der Waals surface area contributed by atoms with E-state index in [1.807, 2.05) is 0 Å². The maximum absolute atomic E-state index is 12.8. The van der Waals surface area contributed by atoms with Crippen molar-refractivity contribution in [3.05, 3.63) is 48.5 Å². The second-order valence-corrected chi connectivity index (χ2v) is 9.03. The Kier molecular flexibility index (Phi) is 5.81. The number of fused-ring (bicyclic) bond motifs is 1. The number of ether oxygens (including phenoxy) is 2. The number of anilines is 2. The number of carbonyl (C=O) groups excluding carboxylic acids is 4. The molecule has 2 saturated heterocycles. The lowest BCUT2D eigenvalue weighted by atomic mass is 9.81. The Bertz CT molecular complexity index is 1120. The molecule has 2 aromatic rings. The minimum atomic E-state index is -0.594. The smallest absolute Gasteiger partial charge is 0.316 e. The summed E-state index contributed by atoms with van der Waals surface area (Å²) in [5, 5.41) is 0. The van der Waals surface area contributed by atoms with Crippen molar-refractivity contribution >= 4 is 35.1 Å². The van der Waals surface area contributed by atoms with Gasteiger partial charge in [0.05, 0.1) is 30.6 Å². The van der Waals surface area contributed by atoms with Gasteiger partial charge in [-0.2, -0.15) is 0 Å². The van der Waals surface area contributed by atoms with Crippen LogP contribution in [0.2, 0.25) is 0 Å². The minimum absolute atomic E-state index is 0.0632. The summed E-state index contributed by atoms with van der Waals surface area (Å²) >= 11 is 0. The summed E-state index contributed by atoms with van der Waals surface area (Å²) in [6, 6.07) is 13.5. The highest BCUT2D eigenvalue weighted by atomic mass is 16.5. The summed E-state index contributed by atoms with van der Waals surface area (Å²) in [6.07, 6.45) is 3.53. The molecule has 3 atom stereocenters. The average molecular weight is 463 g/mol. The third-order valence-corrected chi connectivity index (χ3v) is 6.98. The fraction of sp³-hybridized carbons (Fsp3) is 0.385. The molecule has 2 aliphatic heterocycles. The van der Waals surface area contributed by atoms with Gasteiger partial charge in [-0.25, -0.2) is 0 Å². The number of benzene rings is 2. The van der Waals surface area contributed by atoms with Crippen LogP contribution in [0, 0.1) is 17.8 Å². The predicted molar refractivity (Wildman–Crippen MR) is 123 cm³/mol.